The number of thiophene rings is 2. The summed E-state index contributed by atoms with van der Waals surface area (Å²) >= 11 is 5.93. The van der Waals surface area contributed by atoms with Crippen LogP contribution < -0.4 is 0 Å². The Kier molecular flexibility index (Phi) is 4.42. The highest BCUT2D eigenvalue weighted by Crippen LogP contribution is 2.56. The van der Waals surface area contributed by atoms with E-state index < -0.39 is 0 Å². The Hall–Kier alpha value is -3.11. The molecule has 35 heavy (non-hydrogen) atoms. The highest BCUT2D eigenvalue weighted by molar-refractivity contribution is 8.09. The Balaban J connectivity index is 1.48. The van der Waals surface area contributed by atoms with Crippen LogP contribution in [0.4, 0.5) is 0 Å². The van der Waals surface area contributed by atoms with Crippen LogP contribution >= 0.6 is 34.4 Å². The van der Waals surface area contributed by atoms with Gasteiger partial charge in [-0.3, -0.25) is 0 Å². The van der Waals surface area contributed by atoms with E-state index in [0.29, 0.717) is 5.25 Å². The summed E-state index contributed by atoms with van der Waals surface area (Å²) in [6, 6.07) is 31.4. The van der Waals surface area contributed by atoms with Gasteiger partial charge < -0.3 is 0 Å². The maximum atomic E-state index is 2.36. The van der Waals surface area contributed by atoms with Crippen molar-refractivity contribution in [2.75, 3.05) is 0 Å². The highest BCUT2D eigenvalue weighted by atomic mass is 32.2. The van der Waals surface area contributed by atoms with Gasteiger partial charge in [-0.1, -0.05) is 91.0 Å². The summed E-state index contributed by atoms with van der Waals surface area (Å²) in [7, 11) is 0. The van der Waals surface area contributed by atoms with Gasteiger partial charge in [0.1, 0.15) is 0 Å². The van der Waals surface area contributed by atoms with E-state index in [2.05, 4.69) is 115 Å². The predicted octanol–water partition coefficient (Wildman–Crippen LogP) is 10.3. The number of rotatable bonds is 2. The van der Waals surface area contributed by atoms with E-state index in [4.69, 9.17) is 0 Å². The van der Waals surface area contributed by atoms with Gasteiger partial charge in [-0.05, 0) is 24.1 Å². The lowest BCUT2D eigenvalue weighted by molar-refractivity contribution is 1.03. The third kappa shape index (κ3) is 2.92. The molecular weight excluding hydrogens is 481 g/mol. The number of hydrogen-bond acceptors (Lipinski definition) is 3. The maximum Gasteiger partial charge on any atom is 0.0439 e. The van der Waals surface area contributed by atoms with E-state index >= 15 is 0 Å². The molecule has 1 unspecified atom stereocenters. The summed E-state index contributed by atoms with van der Waals surface area (Å²) < 4.78 is 5.54. The van der Waals surface area contributed by atoms with Crippen LogP contribution in [0.5, 0.6) is 0 Å². The minimum Gasteiger partial charge on any atom is -0.135 e. The summed E-state index contributed by atoms with van der Waals surface area (Å²) in [5, 5.41) is 5.96. The number of fused-ring (bicyclic) bond motifs is 7. The van der Waals surface area contributed by atoms with Crippen LogP contribution in [0, 0.1) is 0 Å². The SMILES string of the molecule is C1=CCC2SC(c3cccc4c3sc3ccccc34)=C(c3cccc4c3sc3ccccc34)C2=C1. The van der Waals surface area contributed by atoms with E-state index in [-0.39, 0.29) is 0 Å². The minimum atomic E-state index is 0.485. The second kappa shape index (κ2) is 7.69. The summed E-state index contributed by atoms with van der Waals surface area (Å²) in [4.78, 5) is 1.44. The summed E-state index contributed by atoms with van der Waals surface area (Å²) in [5.41, 5.74) is 5.69. The van der Waals surface area contributed by atoms with Gasteiger partial charge in [0.05, 0.1) is 0 Å². The third-order valence-electron chi connectivity index (χ3n) is 7.21. The van der Waals surface area contributed by atoms with Gasteiger partial charge in [0.25, 0.3) is 0 Å². The quantitative estimate of drug-likeness (QED) is 0.228. The fourth-order valence-corrected chi connectivity index (χ4v) is 9.61. The van der Waals surface area contributed by atoms with Crippen molar-refractivity contribution in [3.05, 3.63) is 120 Å². The van der Waals surface area contributed by atoms with Crippen LogP contribution in [-0.4, -0.2) is 5.25 Å². The number of allylic oxidation sites excluding steroid dienone is 4. The van der Waals surface area contributed by atoms with Crippen LogP contribution in [0.1, 0.15) is 17.5 Å². The number of thioether (sulfide) groups is 1. The van der Waals surface area contributed by atoms with Crippen LogP contribution in [0.15, 0.2) is 109 Å². The Labute approximate surface area is 215 Å². The van der Waals surface area contributed by atoms with Crippen molar-refractivity contribution >= 4 is 85.3 Å². The van der Waals surface area contributed by atoms with Crippen molar-refractivity contribution in [2.45, 2.75) is 11.7 Å². The fraction of sp³-hybridized carbons (Fsp3) is 0.0625. The first-order valence-corrected chi connectivity index (χ1v) is 14.5. The van der Waals surface area contributed by atoms with Crippen LogP contribution in [0.3, 0.4) is 0 Å². The summed E-state index contributed by atoms with van der Waals surface area (Å²) in [6.07, 6.45) is 8.02. The Morgan fingerprint density at radius 1 is 0.600 bits per heavy atom. The first-order valence-electron chi connectivity index (χ1n) is 12.0. The smallest absolute Gasteiger partial charge is 0.0439 e. The molecule has 4 aromatic carbocycles. The van der Waals surface area contributed by atoms with E-state index in [1.165, 1.54) is 67.5 Å². The van der Waals surface area contributed by atoms with Gasteiger partial charge >= 0.3 is 0 Å². The molecule has 2 aliphatic rings. The molecule has 0 bridgehead atoms. The molecule has 3 heterocycles. The lowest BCUT2D eigenvalue weighted by Gasteiger charge is -2.15. The molecule has 0 N–H and O–H groups in total. The molecule has 166 valence electrons. The molecule has 6 aromatic rings. The normalized spacial score (nSPS) is 17.7. The van der Waals surface area contributed by atoms with Crippen molar-refractivity contribution in [1.29, 1.82) is 0 Å². The average molecular weight is 501 g/mol. The first kappa shape index (κ1) is 20.1. The molecule has 0 fully saturated rings. The third-order valence-corrected chi connectivity index (χ3v) is 11.0. The van der Waals surface area contributed by atoms with Crippen molar-refractivity contribution < 1.29 is 0 Å². The van der Waals surface area contributed by atoms with Gasteiger partial charge in [0, 0.05) is 67.2 Å². The van der Waals surface area contributed by atoms with Crippen molar-refractivity contribution in [1.82, 2.24) is 0 Å². The molecule has 3 heteroatoms. The van der Waals surface area contributed by atoms with E-state index in [0.717, 1.165) is 6.42 Å². The molecule has 1 aliphatic carbocycles. The zero-order chi connectivity index (χ0) is 22.9. The van der Waals surface area contributed by atoms with Gasteiger partial charge in [0.15, 0.2) is 0 Å². The maximum absolute atomic E-state index is 2.36. The topological polar surface area (TPSA) is 0 Å². The van der Waals surface area contributed by atoms with Crippen molar-refractivity contribution in [2.24, 2.45) is 0 Å². The molecular formula is C32H20S3. The van der Waals surface area contributed by atoms with E-state index in [1.807, 2.05) is 22.7 Å². The number of hydrogen-bond donors (Lipinski definition) is 0. The molecule has 0 amide bonds. The van der Waals surface area contributed by atoms with Gasteiger partial charge in [-0.15, -0.1) is 34.4 Å². The summed E-state index contributed by atoms with van der Waals surface area (Å²) in [6.45, 7) is 0. The molecule has 1 aliphatic heterocycles. The van der Waals surface area contributed by atoms with Gasteiger partial charge in [0.2, 0.25) is 0 Å². The lowest BCUT2D eigenvalue weighted by atomic mass is 9.89. The minimum absolute atomic E-state index is 0.485. The molecule has 0 saturated heterocycles. The Morgan fingerprint density at radius 2 is 1.20 bits per heavy atom. The first-order chi connectivity index (χ1) is 17.4. The predicted molar refractivity (Wildman–Crippen MR) is 159 cm³/mol. The summed E-state index contributed by atoms with van der Waals surface area (Å²) in [5.74, 6) is 0. The van der Waals surface area contributed by atoms with Crippen molar-refractivity contribution in [3.63, 3.8) is 0 Å². The average Bonchev–Trinajstić information content (AvgIpc) is 3.59. The van der Waals surface area contributed by atoms with Crippen molar-refractivity contribution in [3.8, 4) is 0 Å². The molecule has 0 radical (unpaired) electrons. The van der Waals surface area contributed by atoms with E-state index in [1.54, 1.807) is 0 Å². The Morgan fingerprint density at radius 3 is 1.91 bits per heavy atom. The molecule has 0 saturated carbocycles. The van der Waals surface area contributed by atoms with E-state index in [9.17, 15) is 0 Å². The molecule has 1 atom stereocenters. The number of benzene rings is 4. The monoisotopic (exact) mass is 500 g/mol. The largest absolute Gasteiger partial charge is 0.135 e. The lowest BCUT2D eigenvalue weighted by Crippen LogP contribution is -2.04. The highest BCUT2D eigenvalue weighted by Gasteiger charge is 2.34. The fourth-order valence-electron chi connectivity index (χ4n) is 5.64. The van der Waals surface area contributed by atoms with Crippen LogP contribution in [0.2, 0.25) is 0 Å². The van der Waals surface area contributed by atoms with Crippen LogP contribution in [-0.2, 0) is 0 Å². The second-order valence-electron chi connectivity index (χ2n) is 9.16. The molecule has 0 spiro atoms. The van der Waals surface area contributed by atoms with Gasteiger partial charge in [-0.2, -0.15) is 0 Å². The Bertz CT molecular complexity index is 1910. The van der Waals surface area contributed by atoms with Gasteiger partial charge in [-0.25, -0.2) is 0 Å². The molecule has 0 nitrogen and oxygen atoms in total. The molecule has 8 rings (SSSR count). The zero-order valence-corrected chi connectivity index (χ0v) is 21.3. The van der Waals surface area contributed by atoms with Crippen LogP contribution in [0.25, 0.3) is 50.8 Å². The standard InChI is InChI=1S/C32H20S3/c1-4-16-26-19(9-1)21-12-7-14-24(30(21)33-26)29-23-11-3-6-18-28(23)35-32(29)25-15-8-13-22-20-10-2-5-17-27(20)34-31(22)25/h1-17,28H,18H2. The zero-order valence-electron chi connectivity index (χ0n) is 18.8. The second-order valence-corrected chi connectivity index (χ2v) is 12.5. The molecule has 2 aromatic heterocycles.